The number of rotatable bonds is 0. The highest BCUT2D eigenvalue weighted by molar-refractivity contribution is 5.91. The lowest BCUT2D eigenvalue weighted by Gasteiger charge is -2.51. The van der Waals surface area contributed by atoms with Gasteiger partial charge in [0.15, 0.2) is 0 Å². The van der Waals surface area contributed by atoms with Crippen LogP contribution in [0.25, 0.3) is 0 Å². The predicted octanol–water partition coefficient (Wildman–Crippen LogP) is 2.21. The fourth-order valence-electron chi connectivity index (χ4n) is 3.93. The highest BCUT2D eigenvalue weighted by Gasteiger charge is 2.57. The summed E-state index contributed by atoms with van der Waals surface area (Å²) in [6, 6.07) is 0. The third-order valence-corrected chi connectivity index (χ3v) is 5.41. The standard InChI is InChI=1S/C15H20O3/c1-8-5-4-6-10-7-11-12(9(2)14(17)18-11)13(16)15(8,10)3/h6,8,11-13,16H,2,4-5,7H2,1,3H3/t8-,11+,12+,13+,15+/m0/s1. The van der Waals surface area contributed by atoms with Gasteiger partial charge in [0.25, 0.3) is 0 Å². The monoisotopic (exact) mass is 248 g/mol. The van der Waals surface area contributed by atoms with Crippen LogP contribution < -0.4 is 0 Å². The highest BCUT2D eigenvalue weighted by atomic mass is 16.6. The van der Waals surface area contributed by atoms with E-state index in [4.69, 9.17) is 4.74 Å². The molecule has 2 fully saturated rings. The lowest BCUT2D eigenvalue weighted by Crippen LogP contribution is -2.52. The Morgan fingerprint density at radius 1 is 1.56 bits per heavy atom. The number of carbonyl (C=O) groups excluding carboxylic acids is 1. The molecule has 98 valence electrons. The van der Waals surface area contributed by atoms with Crippen LogP contribution in [0.3, 0.4) is 0 Å². The van der Waals surface area contributed by atoms with Gasteiger partial charge in [0.05, 0.1) is 12.0 Å². The van der Waals surface area contributed by atoms with Crippen molar-refractivity contribution in [1.82, 2.24) is 0 Å². The fourth-order valence-corrected chi connectivity index (χ4v) is 3.93. The third kappa shape index (κ3) is 1.31. The Balaban J connectivity index is 2.04. The second-order valence-corrected chi connectivity index (χ2v) is 6.13. The molecule has 0 aromatic carbocycles. The number of fused-ring (bicyclic) bond motifs is 2. The molecule has 0 aromatic heterocycles. The van der Waals surface area contributed by atoms with Crippen LogP contribution in [0.5, 0.6) is 0 Å². The lowest BCUT2D eigenvalue weighted by atomic mass is 9.55. The van der Waals surface area contributed by atoms with Crippen molar-refractivity contribution in [2.75, 3.05) is 0 Å². The van der Waals surface area contributed by atoms with Crippen LogP contribution in [0.15, 0.2) is 23.8 Å². The van der Waals surface area contributed by atoms with E-state index in [0.29, 0.717) is 11.5 Å². The molecule has 0 unspecified atom stereocenters. The number of aliphatic hydroxyl groups is 1. The number of esters is 1. The second-order valence-electron chi connectivity index (χ2n) is 6.13. The number of carbonyl (C=O) groups is 1. The van der Waals surface area contributed by atoms with Crippen LogP contribution in [0.4, 0.5) is 0 Å². The Labute approximate surface area is 108 Å². The minimum atomic E-state index is -0.559. The van der Waals surface area contributed by atoms with Crippen molar-refractivity contribution < 1.29 is 14.6 Å². The number of hydrogen-bond donors (Lipinski definition) is 1. The summed E-state index contributed by atoms with van der Waals surface area (Å²) in [5.74, 6) is -0.128. The number of ether oxygens (including phenoxy) is 1. The average Bonchev–Trinajstić information content (AvgIpc) is 2.60. The van der Waals surface area contributed by atoms with E-state index in [1.807, 2.05) is 0 Å². The zero-order chi connectivity index (χ0) is 13.1. The van der Waals surface area contributed by atoms with Crippen molar-refractivity contribution in [2.45, 2.75) is 45.3 Å². The molecule has 1 saturated heterocycles. The molecule has 2 aliphatic carbocycles. The molecule has 0 spiro atoms. The molecule has 3 heteroatoms. The van der Waals surface area contributed by atoms with Crippen LogP contribution in [-0.4, -0.2) is 23.3 Å². The topological polar surface area (TPSA) is 46.5 Å². The molecule has 0 bridgehead atoms. The van der Waals surface area contributed by atoms with E-state index >= 15 is 0 Å². The summed E-state index contributed by atoms with van der Waals surface area (Å²) in [5, 5.41) is 10.8. The highest BCUT2D eigenvalue weighted by Crippen LogP contribution is 2.55. The zero-order valence-corrected chi connectivity index (χ0v) is 11.0. The summed E-state index contributed by atoms with van der Waals surface area (Å²) in [7, 11) is 0. The van der Waals surface area contributed by atoms with Crippen molar-refractivity contribution in [1.29, 1.82) is 0 Å². The Morgan fingerprint density at radius 2 is 2.28 bits per heavy atom. The summed E-state index contributed by atoms with van der Waals surface area (Å²) in [6.07, 6.45) is 4.38. The van der Waals surface area contributed by atoms with E-state index in [-0.39, 0.29) is 23.4 Å². The molecule has 3 nitrogen and oxygen atoms in total. The summed E-state index contributed by atoms with van der Waals surface area (Å²) in [4.78, 5) is 11.6. The van der Waals surface area contributed by atoms with Gasteiger partial charge >= 0.3 is 5.97 Å². The Morgan fingerprint density at radius 3 is 3.00 bits per heavy atom. The van der Waals surface area contributed by atoms with Gasteiger partial charge < -0.3 is 9.84 Å². The quantitative estimate of drug-likeness (QED) is 0.406. The lowest BCUT2D eigenvalue weighted by molar-refractivity contribution is -0.141. The summed E-state index contributed by atoms with van der Waals surface area (Å²) in [6.45, 7) is 8.13. The Hall–Kier alpha value is -1.09. The van der Waals surface area contributed by atoms with Crippen molar-refractivity contribution >= 4 is 5.97 Å². The largest absolute Gasteiger partial charge is 0.458 e. The molecular formula is C15H20O3. The molecule has 1 N–H and O–H groups in total. The molecule has 0 amide bonds. The van der Waals surface area contributed by atoms with E-state index in [0.717, 1.165) is 19.3 Å². The summed E-state index contributed by atoms with van der Waals surface area (Å²) < 4.78 is 5.34. The molecule has 5 atom stereocenters. The van der Waals surface area contributed by atoms with E-state index in [9.17, 15) is 9.90 Å². The number of aliphatic hydroxyl groups excluding tert-OH is 1. The van der Waals surface area contributed by atoms with Crippen LogP contribution in [0.2, 0.25) is 0 Å². The van der Waals surface area contributed by atoms with Gasteiger partial charge in [0.2, 0.25) is 0 Å². The molecule has 1 aliphatic heterocycles. The smallest absolute Gasteiger partial charge is 0.334 e. The molecular weight excluding hydrogens is 228 g/mol. The fraction of sp³-hybridized carbons (Fsp3) is 0.667. The molecule has 1 heterocycles. The van der Waals surface area contributed by atoms with Crippen LogP contribution in [-0.2, 0) is 9.53 Å². The molecule has 3 rings (SSSR count). The van der Waals surface area contributed by atoms with Crippen molar-refractivity contribution in [3.8, 4) is 0 Å². The summed E-state index contributed by atoms with van der Waals surface area (Å²) in [5.41, 5.74) is 1.49. The van der Waals surface area contributed by atoms with E-state index in [1.165, 1.54) is 5.57 Å². The first-order valence-corrected chi connectivity index (χ1v) is 6.73. The minimum Gasteiger partial charge on any atom is -0.458 e. The van der Waals surface area contributed by atoms with Gasteiger partial charge in [-0.05, 0) is 18.8 Å². The first-order chi connectivity index (χ1) is 8.46. The third-order valence-electron chi connectivity index (χ3n) is 5.41. The Kier molecular flexibility index (Phi) is 2.46. The first kappa shape index (κ1) is 12.0. The normalized spacial score (nSPS) is 47.2. The van der Waals surface area contributed by atoms with Gasteiger partial charge in [-0.3, -0.25) is 0 Å². The summed E-state index contributed by atoms with van der Waals surface area (Å²) >= 11 is 0. The van der Waals surface area contributed by atoms with Gasteiger partial charge in [-0.1, -0.05) is 32.1 Å². The Bertz CT molecular complexity index is 451. The van der Waals surface area contributed by atoms with E-state index < -0.39 is 6.10 Å². The molecule has 3 aliphatic rings. The number of allylic oxidation sites excluding steroid dienone is 1. The molecule has 1 saturated carbocycles. The van der Waals surface area contributed by atoms with Crippen LogP contribution >= 0.6 is 0 Å². The van der Waals surface area contributed by atoms with Gasteiger partial charge in [-0.15, -0.1) is 0 Å². The maximum absolute atomic E-state index is 11.6. The van der Waals surface area contributed by atoms with Crippen molar-refractivity contribution in [3.63, 3.8) is 0 Å². The predicted molar refractivity (Wildman–Crippen MR) is 67.7 cm³/mol. The van der Waals surface area contributed by atoms with Crippen LogP contribution in [0.1, 0.15) is 33.1 Å². The SMILES string of the molecule is C=C1C(=O)O[C@@H]2CC3=CCC[C@H](C)[C@@]3(C)[C@H](O)[C@H]12. The van der Waals surface area contributed by atoms with Gasteiger partial charge in [-0.2, -0.15) is 0 Å². The molecule has 18 heavy (non-hydrogen) atoms. The van der Waals surface area contributed by atoms with E-state index in [2.05, 4.69) is 26.5 Å². The minimum absolute atomic E-state index is 0.204. The van der Waals surface area contributed by atoms with E-state index in [1.54, 1.807) is 0 Å². The first-order valence-electron chi connectivity index (χ1n) is 6.73. The maximum atomic E-state index is 11.6. The molecule has 0 radical (unpaired) electrons. The van der Waals surface area contributed by atoms with Crippen LogP contribution in [0, 0.1) is 17.3 Å². The number of hydrogen-bond acceptors (Lipinski definition) is 3. The second kappa shape index (κ2) is 3.70. The van der Waals surface area contributed by atoms with Crippen molar-refractivity contribution in [3.05, 3.63) is 23.8 Å². The zero-order valence-electron chi connectivity index (χ0n) is 11.0. The maximum Gasteiger partial charge on any atom is 0.334 e. The van der Waals surface area contributed by atoms with Gasteiger partial charge in [-0.25, -0.2) is 4.79 Å². The van der Waals surface area contributed by atoms with Gasteiger partial charge in [0.1, 0.15) is 6.10 Å². The van der Waals surface area contributed by atoms with Gasteiger partial charge in [0, 0.05) is 17.4 Å². The molecule has 0 aromatic rings. The van der Waals surface area contributed by atoms with Crippen molar-refractivity contribution in [2.24, 2.45) is 17.3 Å². The average molecular weight is 248 g/mol.